The number of carbonyl (C=O) groups excluding carboxylic acids is 1. The van der Waals surface area contributed by atoms with Crippen molar-refractivity contribution in [2.75, 3.05) is 11.9 Å². The molecule has 1 amide bonds. The fourth-order valence-corrected chi connectivity index (χ4v) is 4.55. The van der Waals surface area contributed by atoms with Gasteiger partial charge in [-0.15, -0.1) is 0 Å². The van der Waals surface area contributed by atoms with E-state index in [9.17, 15) is 4.79 Å². The van der Waals surface area contributed by atoms with Crippen molar-refractivity contribution in [2.45, 2.75) is 38.8 Å². The van der Waals surface area contributed by atoms with Crippen LogP contribution in [0.15, 0.2) is 43.0 Å². The zero-order valence-corrected chi connectivity index (χ0v) is 16.5. The maximum atomic E-state index is 13.5. The molecule has 1 saturated carbocycles. The number of anilines is 1. The molecule has 148 valence electrons. The van der Waals surface area contributed by atoms with Gasteiger partial charge in [-0.1, -0.05) is 6.07 Å². The Hall–Kier alpha value is -3.29. The Morgan fingerprint density at radius 2 is 1.93 bits per heavy atom. The third kappa shape index (κ3) is 3.24. The molecule has 3 heterocycles. The summed E-state index contributed by atoms with van der Waals surface area (Å²) < 4.78 is 0. The van der Waals surface area contributed by atoms with Crippen LogP contribution in [0, 0.1) is 19.8 Å². The second kappa shape index (κ2) is 6.95. The first-order valence-electron chi connectivity index (χ1n) is 9.92. The van der Waals surface area contributed by atoms with Crippen molar-refractivity contribution in [1.82, 2.24) is 29.9 Å². The summed E-state index contributed by atoms with van der Waals surface area (Å²) in [6.07, 6.45) is 8.83. The number of nitrogens with one attached hydrogen (secondary N) is 1. The molecule has 1 aliphatic heterocycles. The zero-order valence-electron chi connectivity index (χ0n) is 16.5. The van der Waals surface area contributed by atoms with Crippen molar-refractivity contribution in [2.24, 2.45) is 5.92 Å². The van der Waals surface area contributed by atoms with Crippen LogP contribution in [0.3, 0.4) is 0 Å². The maximum absolute atomic E-state index is 13.5. The predicted molar refractivity (Wildman–Crippen MR) is 108 cm³/mol. The van der Waals surface area contributed by atoms with Gasteiger partial charge in [0.15, 0.2) is 0 Å². The van der Waals surface area contributed by atoms with Gasteiger partial charge in [0, 0.05) is 12.6 Å². The van der Waals surface area contributed by atoms with Gasteiger partial charge in [-0.05, 0) is 50.3 Å². The number of piperidine rings is 1. The van der Waals surface area contributed by atoms with E-state index >= 15 is 0 Å². The number of fused-ring (bicyclic) bond motifs is 2. The van der Waals surface area contributed by atoms with E-state index in [0.717, 1.165) is 42.1 Å². The lowest BCUT2D eigenvalue weighted by Gasteiger charge is -2.34. The molecule has 0 radical (unpaired) electrons. The Kier molecular flexibility index (Phi) is 4.26. The molecule has 0 spiro atoms. The van der Waals surface area contributed by atoms with Crippen molar-refractivity contribution in [3.05, 3.63) is 59.8 Å². The smallest absolute Gasteiger partial charge is 0.256 e. The van der Waals surface area contributed by atoms with E-state index in [-0.39, 0.29) is 18.0 Å². The topological polar surface area (TPSA) is 88.8 Å². The molecule has 1 aliphatic carbocycles. The van der Waals surface area contributed by atoms with E-state index in [2.05, 4.69) is 25.5 Å². The quantitative estimate of drug-likeness (QED) is 0.737. The average molecular weight is 389 g/mol. The number of hydrogen-bond donors (Lipinski definition) is 1. The largest absolute Gasteiger partial charge is 0.364 e. The molecule has 1 saturated heterocycles. The van der Waals surface area contributed by atoms with Gasteiger partial charge in [0.1, 0.15) is 5.82 Å². The van der Waals surface area contributed by atoms with Crippen molar-refractivity contribution in [3.8, 4) is 5.69 Å². The number of nitrogens with zero attached hydrogens (tertiary/aromatic N) is 6. The van der Waals surface area contributed by atoms with Crippen LogP contribution in [0.1, 0.15) is 34.5 Å². The molecule has 2 fully saturated rings. The summed E-state index contributed by atoms with van der Waals surface area (Å²) in [5, 5.41) is 12.0. The van der Waals surface area contributed by atoms with E-state index in [1.807, 2.05) is 36.9 Å². The highest BCUT2D eigenvalue weighted by molar-refractivity contribution is 5.98. The number of rotatable bonds is 4. The molecule has 2 bridgehead atoms. The summed E-state index contributed by atoms with van der Waals surface area (Å²) >= 11 is 0. The lowest BCUT2D eigenvalue weighted by atomic mass is 10.0. The summed E-state index contributed by atoms with van der Waals surface area (Å²) in [6.45, 7) is 4.71. The standard InChI is InChI=1S/C21H23N7O/c1-13-3-4-16(18(7-13)28-24-5-6-25-28)21(29)27-12-15-8-17(19(27)9-15)26-20-11-22-14(2)10-23-20/h3-7,10-11,15,17,19H,8-9,12H2,1-2H3,(H,23,26). The number of amides is 1. The van der Waals surface area contributed by atoms with Crippen LogP contribution in [0.4, 0.5) is 5.82 Å². The van der Waals surface area contributed by atoms with Crippen LogP contribution in [0.25, 0.3) is 5.69 Å². The first kappa shape index (κ1) is 17.8. The molecule has 8 nitrogen and oxygen atoms in total. The van der Waals surface area contributed by atoms with Crippen LogP contribution in [0.2, 0.25) is 0 Å². The molecule has 1 aromatic carbocycles. The molecule has 3 atom stereocenters. The van der Waals surface area contributed by atoms with Gasteiger partial charge in [0.2, 0.25) is 0 Å². The summed E-state index contributed by atoms with van der Waals surface area (Å²) in [5.41, 5.74) is 3.30. The highest BCUT2D eigenvalue weighted by Gasteiger charge is 2.47. The van der Waals surface area contributed by atoms with Gasteiger partial charge >= 0.3 is 0 Å². The summed E-state index contributed by atoms with van der Waals surface area (Å²) in [6, 6.07) is 6.14. The second-order valence-corrected chi connectivity index (χ2v) is 8.00. The van der Waals surface area contributed by atoms with Gasteiger partial charge in [0.25, 0.3) is 5.91 Å². The normalized spacial score (nSPS) is 22.8. The van der Waals surface area contributed by atoms with Gasteiger partial charge in [-0.25, -0.2) is 4.98 Å². The minimum atomic E-state index is 0.0336. The Labute approximate surface area is 169 Å². The molecule has 3 aromatic rings. The first-order chi connectivity index (χ1) is 14.1. The predicted octanol–water partition coefficient (Wildman–Crippen LogP) is 2.39. The monoisotopic (exact) mass is 389 g/mol. The molecule has 29 heavy (non-hydrogen) atoms. The van der Waals surface area contributed by atoms with Crippen LogP contribution >= 0.6 is 0 Å². The maximum Gasteiger partial charge on any atom is 0.256 e. The van der Waals surface area contributed by atoms with Crippen LogP contribution in [0.5, 0.6) is 0 Å². The first-order valence-corrected chi connectivity index (χ1v) is 9.92. The van der Waals surface area contributed by atoms with Gasteiger partial charge in [0.05, 0.1) is 47.8 Å². The molecule has 3 unspecified atom stereocenters. The van der Waals surface area contributed by atoms with Crippen molar-refractivity contribution < 1.29 is 4.79 Å². The third-order valence-corrected chi connectivity index (χ3v) is 5.87. The van der Waals surface area contributed by atoms with E-state index in [0.29, 0.717) is 11.5 Å². The molecule has 2 aliphatic rings. The highest BCUT2D eigenvalue weighted by atomic mass is 16.2. The number of hydrogen-bond acceptors (Lipinski definition) is 6. The zero-order chi connectivity index (χ0) is 20.0. The molecule has 8 heteroatoms. The van der Waals surface area contributed by atoms with E-state index < -0.39 is 0 Å². The SMILES string of the molecule is Cc1ccc(C(=O)N2CC3CC(Nc4cnc(C)cn4)C2C3)c(-n2nccn2)c1. The van der Waals surface area contributed by atoms with Gasteiger partial charge in [-0.3, -0.25) is 9.78 Å². The minimum absolute atomic E-state index is 0.0336. The Morgan fingerprint density at radius 3 is 2.66 bits per heavy atom. The van der Waals surface area contributed by atoms with Gasteiger partial charge in [-0.2, -0.15) is 15.0 Å². The minimum Gasteiger partial charge on any atom is -0.364 e. The molecule has 2 aromatic heterocycles. The number of aryl methyl sites for hydroxylation is 2. The van der Waals surface area contributed by atoms with Crippen LogP contribution < -0.4 is 5.32 Å². The fraction of sp³-hybridized carbons (Fsp3) is 0.381. The van der Waals surface area contributed by atoms with Gasteiger partial charge < -0.3 is 10.2 Å². The number of likely N-dealkylation sites (tertiary alicyclic amines) is 1. The molecular formula is C21H23N7O. The van der Waals surface area contributed by atoms with E-state index in [1.165, 1.54) is 4.80 Å². The van der Waals surface area contributed by atoms with Crippen molar-refractivity contribution in [3.63, 3.8) is 0 Å². The molecule has 1 N–H and O–H groups in total. The van der Waals surface area contributed by atoms with Crippen LogP contribution in [-0.2, 0) is 0 Å². The highest BCUT2D eigenvalue weighted by Crippen LogP contribution is 2.40. The third-order valence-electron chi connectivity index (χ3n) is 5.87. The van der Waals surface area contributed by atoms with Crippen LogP contribution in [-0.4, -0.2) is 54.4 Å². The number of carbonyl (C=O) groups is 1. The van der Waals surface area contributed by atoms with Crippen molar-refractivity contribution in [1.29, 1.82) is 0 Å². The Bertz CT molecular complexity index is 1030. The Balaban J connectivity index is 1.40. The second-order valence-electron chi connectivity index (χ2n) is 8.00. The lowest BCUT2D eigenvalue weighted by Crippen LogP contribution is -2.48. The van der Waals surface area contributed by atoms with E-state index in [1.54, 1.807) is 24.8 Å². The fourth-order valence-electron chi connectivity index (χ4n) is 4.55. The molecule has 5 rings (SSSR count). The Morgan fingerprint density at radius 1 is 1.10 bits per heavy atom. The molecular weight excluding hydrogens is 366 g/mol. The summed E-state index contributed by atoms with van der Waals surface area (Å²) in [5.74, 6) is 1.31. The van der Waals surface area contributed by atoms with Crippen molar-refractivity contribution >= 4 is 11.7 Å². The number of aromatic nitrogens is 5. The summed E-state index contributed by atoms with van der Waals surface area (Å²) in [7, 11) is 0. The summed E-state index contributed by atoms with van der Waals surface area (Å²) in [4.78, 5) is 25.8. The number of benzene rings is 1. The average Bonchev–Trinajstić information content (AvgIpc) is 3.46. The van der Waals surface area contributed by atoms with E-state index in [4.69, 9.17) is 0 Å². The lowest BCUT2D eigenvalue weighted by molar-refractivity contribution is 0.0691.